The molecule has 346 valence electrons. The van der Waals surface area contributed by atoms with Gasteiger partial charge in [-0.3, -0.25) is 62.5 Å². The molecule has 4 saturated carbocycles. The van der Waals surface area contributed by atoms with Crippen molar-refractivity contribution in [1.29, 1.82) is 0 Å². The van der Waals surface area contributed by atoms with Crippen LogP contribution in [-0.4, -0.2) is 69.3 Å². The molecule has 13 heteroatoms. The average molecular weight is 935 g/mol. The second-order valence-electron chi connectivity index (χ2n) is 19.7. The van der Waals surface area contributed by atoms with Crippen LogP contribution in [-0.2, 0) is 19.5 Å². The van der Waals surface area contributed by atoms with Gasteiger partial charge in [-0.05, 0) is 147 Å². The number of hydrogen-bond acceptors (Lipinski definition) is 12. The smallest absolute Gasteiger partial charge is 0.0628 e. The zero-order chi connectivity index (χ0) is 43.2. The van der Waals surface area contributed by atoms with Gasteiger partial charge >= 0.3 is 0 Å². The Morgan fingerprint density at radius 2 is 0.354 bits per heavy atom. The van der Waals surface area contributed by atoms with Crippen LogP contribution in [0.5, 0.6) is 0 Å². The predicted octanol–water partition coefficient (Wildman–Crippen LogP) is 6.93. The van der Waals surface area contributed by atoms with Gasteiger partial charge in [0.15, 0.2) is 0 Å². The van der Waals surface area contributed by atoms with E-state index in [0.29, 0.717) is 49.3 Å². The molecule has 4 aromatic heterocycles. The maximum Gasteiger partial charge on any atom is 0.0628 e. The molecule has 9 heterocycles. The molecule has 4 aromatic rings. The first-order valence-electron chi connectivity index (χ1n) is 25.3. The second kappa shape index (κ2) is 25.3. The Morgan fingerprint density at radius 1 is 0.215 bits per heavy atom. The molecule has 5 aliphatic heterocycles. The summed E-state index contributed by atoms with van der Waals surface area (Å²) in [4.78, 5) is 15.1. The van der Waals surface area contributed by atoms with Gasteiger partial charge in [0, 0.05) is 69.1 Å². The van der Waals surface area contributed by atoms with Crippen LogP contribution in [0, 0.1) is 47.3 Å². The van der Waals surface area contributed by atoms with Gasteiger partial charge in [-0.15, -0.1) is 0 Å². The minimum absolute atomic E-state index is 0. The van der Waals surface area contributed by atoms with Gasteiger partial charge in [0.05, 0.1) is 49.3 Å². The molecule has 0 radical (unpaired) electrons. The Kier molecular flexibility index (Phi) is 18.8. The molecule has 0 aromatic carbocycles. The summed E-state index contributed by atoms with van der Waals surface area (Å²) in [6.07, 6.45) is 39.6. The molecule has 9 aliphatic rings. The van der Waals surface area contributed by atoms with Crippen LogP contribution in [0.15, 0.2) is 122 Å². The SMILES string of the molecule is C1CCC2C3NC(NC4NC(NC5NC(NC6NC(N3)C3CCCCC63)C3CCCCC53)C3CCCCC43)C2C1.[Zn].c1ccncc1.c1ccncc1.c1ccncc1.c1ccncc1. The summed E-state index contributed by atoms with van der Waals surface area (Å²) in [5, 5.41) is 33.8. The quantitative estimate of drug-likeness (QED) is 0.0866. The molecule has 0 amide bonds. The van der Waals surface area contributed by atoms with Crippen LogP contribution in [0.2, 0.25) is 0 Å². The number of nitrogens with one attached hydrogen (secondary N) is 8. The molecule has 13 rings (SSSR count). The third-order valence-corrected chi connectivity index (χ3v) is 16.1. The fourth-order valence-corrected chi connectivity index (χ4v) is 13.2. The first-order chi connectivity index (χ1) is 31.8. The van der Waals surface area contributed by atoms with E-state index in [2.05, 4.69) is 62.5 Å². The third-order valence-electron chi connectivity index (χ3n) is 16.1. The van der Waals surface area contributed by atoms with Crippen LogP contribution in [0.3, 0.4) is 0 Å². The summed E-state index contributed by atoms with van der Waals surface area (Å²) in [6, 6.07) is 22.9. The zero-order valence-corrected chi connectivity index (χ0v) is 41.6. The van der Waals surface area contributed by atoms with Gasteiger partial charge in [0.2, 0.25) is 0 Å². The second-order valence-corrected chi connectivity index (χ2v) is 19.7. The molecule has 65 heavy (non-hydrogen) atoms. The maximum absolute atomic E-state index is 4.26. The van der Waals surface area contributed by atoms with E-state index in [1.54, 1.807) is 49.6 Å². The average Bonchev–Trinajstić information content (AvgIpc) is 4.13. The van der Waals surface area contributed by atoms with E-state index in [0.717, 1.165) is 47.3 Å². The Hall–Kier alpha value is -3.10. The third kappa shape index (κ3) is 12.7. The van der Waals surface area contributed by atoms with Crippen molar-refractivity contribution in [2.45, 2.75) is 152 Å². The topological polar surface area (TPSA) is 148 Å². The summed E-state index contributed by atoms with van der Waals surface area (Å²) in [5.74, 6) is 5.97. The van der Waals surface area contributed by atoms with Crippen molar-refractivity contribution in [2.75, 3.05) is 0 Å². The van der Waals surface area contributed by atoms with Crippen LogP contribution in [0.1, 0.15) is 103 Å². The minimum Gasteiger partial charge on any atom is -0.286 e. The van der Waals surface area contributed by atoms with E-state index < -0.39 is 0 Å². The van der Waals surface area contributed by atoms with Gasteiger partial charge < -0.3 is 0 Å². The summed E-state index contributed by atoms with van der Waals surface area (Å²) >= 11 is 0. The number of rotatable bonds is 0. The van der Waals surface area contributed by atoms with Gasteiger partial charge in [-0.2, -0.15) is 0 Å². The molecule has 9 fully saturated rings. The van der Waals surface area contributed by atoms with Gasteiger partial charge in [-0.25, -0.2) is 0 Å². The zero-order valence-electron chi connectivity index (χ0n) is 38.6. The number of pyridine rings is 4. The predicted molar refractivity (Wildman–Crippen MR) is 254 cm³/mol. The number of hydrogen-bond donors (Lipinski definition) is 8. The number of aromatic nitrogens is 4. The van der Waals surface area contributed by atoms with Crippen molar-refractivity contribution in [1.82, 2.24) is 62.5 Å². The molecule has 5 saturated heterocycles. The molecule has 12 nitrogen and oxygen atoms in total. The fourth-order valence-electron chi connectivity index (χ4n) is 13.2. The number of nitrogens with zero attached hydrogens (tertiary/aromatic N) is 4. The maximum atomic E-state index is 4.26. The van der Waals surface area contributed by atoms with E-state index in [-0.39, 0.29) is 19.5 Å². The van der Waals surface area contributed by atoms with Crippen molar-refractivity contribution < 1.29 is 19.5 Å². The first-order valence-corrected chi connectivity index (χ1v) is 25.3. The van der Waals surface area contributed by atoms with E-state index in [9.17, 15) is 0 Å². The monoisotopic (exact) mass is 933 g/mol. The summed E-state index contributed by atoms with van der Waals surface area (Å²) in [6.45, 7) is 0. The molecule has 4 aliphatic carbocycles. The van der Waals surface area contributed by atoms with E-state index in [1.165, 1.54) is 103 Å². The van der Waals surface area contributed by atoms with Crippen LogP contribution in [0.4, 0.5) is 0 Å². The standard InChI is InChI=1S/C32H56N8.4C5H5N.Zn/c1-2-10-18-17(9-1)25-33-26(18)38-28-21-13-5-6-14-22(21)30(35-28)40-32-24-16-8-7-15-23(24)31(36-32)39-29-20-12-4-3-11-19(20)27(34-29)37-25;4*1-2-4-6-5-3-1;/h17-40H,1-16H2;4*1-5H;. The van der Waals surface area contributed by atoms with E-state index in [1.807, 2.05) is 72.8 Å². The minimum atomic E-state index is 0. The van der Waals surface area contributed by atoms with E-state index >= 15 is 0 Å². The van der Waals surface area contributed by atoms with Crippen LogP contribution in [0.25, 0.3) is 0 Å². The van der Waals surface area contributed by atoms with Crippen molar-refractivity contribution in [2.24, 2.45) is 47.3 Å². The molecular formula is C52H76N12Zn. The van der Waals surface area contributed by atoms with Crippen molar-refractivity contribution >= 4 is 0 Å². The molecule has 8 N–H and O–H groups in total. The Balaban J connectivity index is 0.000000186. The molecule has 8 atom stereocenters. The van der Waals surface area contributed by atoms with Crippen molar-refractivity contribution in [3.63, 3.8) is 0 Å². The van der Waals surface area contributed by atoms with Crippen LogP contribution >= 0.6 is 0 Å². The molecule has 0 spiro atoms. The Bertz CT molecular complexity index is 1420. The Morgan fingerprint density at radius 3 is 0.446 bits per heavy atom. The Labute approximate surface area is 401 Å². The summed E-state index contributed by atoms with van der Waals surface area (Å²) in [5.41, 5.74) is 0. The first kappa shape index (κ1) is 48.4. The largest absolute Gasteiger partial charge is 0.286 e. The van der Waals surface area contributed by atoms with Crippen molar-refractivity contribution in [3.8, 4) is 0 Å². The summed E-state index contributed by atoms with van der Waals surface area (Å²) < 4.78 is 0. The van der Waals surface area contributed by atoms with Gasteiger partial charge in [0.25, 0.3) is 0 Å². The normalized spacial score (nSPS) is 38.4. The summed E-state index contributed by atoms with van der Waals surface area (Å²) in [7, 11) is 0. The molecule has 8 unspecified atom stereocenters. The van der Waals surface area contributed by atoms with E-state index in [4.69, 9.17) is 0 Å². The number of fused-ring (bicyclic) bond motifs is 20. The fraction of sp³-hybridized carbons (Fsp3) is 0.615. The van der Waals surface area contributed by atoms with Gasteiger partial charge in [0.1, 0.15) is 0 Å². The van der Waals surface area contributed by atoms with Gasteiger partial charge in [-0.1, -0.05) is 75.6 Å². The van der Waals surface area contributed by atoms with Crippen molar-refractivity contribution in [3.05, 3.63) is 122 Å². The van der Waals surface area contributed by atoms with Crippen LogP contribution < -0.4 is 42.5 Å². The molecule has 8 bridgehead atoms. The molecular weight excluding hydrogens is 858 g/mol.